The highest BCUT2D eigenvalue weighted by molar-refractivity contribution is 6.33. The van der Waals surface area contributed by atoms with Crippen molar-refractivity contribution in [2.75, 3.05) is 55.0 Å². The van der Waals surface area contributed by atoms with Gasteiger partial charge in [-0.25, -0.2) is 4.98 Å². The van der Waals surface area contributed by atoms with E-state index in [-0.39, 0.29) is 54.9 Å². The molecule has 3 N–H and O–H groups in total. The van der Waals surface area contributed by atoms with E-state index in [0.717, 1.165) is 86.2 Å². The van der Waals surface area contributed by atoms with Gasteiger partial charge in [-0.15, -0.1) is 0 Å². The third kappa shape index (κ3) is 8.12. The van der Waals surface area contributed by atoms with Crippen molar-refractivity contribution in [3.8, 4) is 5.75 Å². The number of halogens is 1. The molecule has 6 aliphatic rings. The number of piperidine rings is 2. The molecule has 3 unspecified atom stereocenters. The fraction of sp³-hybridized carbons (Fsp3) is 0.489. The van der Waals surface area contributed by atoms with E-state index in [9.17, 15) is 28.8 Å². The smallest absolute Gasteiger partial charge is 0.293 e. The van der Waals surface area contributed by atoms with Crippen LogP contribution in [0.2, 0.25) is 5.02 Å². The number of rotatable bonds is 12. The van der Waals surface area contributed by atoms with Gasteiger partial charge >= 0.3 is 0 Å². The summed E-state index contributed by atoms with van der Waals surface area (Å²) in [7, 11) is 1.51. The van der Waals surface area contributed by atoms with Crippen LogP contribution in [0.5, 0.6) is 5.75 Å². The summed E-state index contributed by atoms with van der Waals surface area (Å²) in [6.07, 6.45) is 7.99. The number of carbonyl (C=O) groups excluding carboxylic acids is 5. The van der Waals surface area contributed by atoms with Crippen LogP contribution in [-0.2, 0) is 19.1 Å². The van der Waals surface area contributed by atoms with Crippen LogP contribution in [0.15, 0.2) is 53.5 Å². The average molecular weight is 921 g/mol. The summed E-state index contributed by atoms with van der Waals surface area (Å²) in [6.45, 7) is 6.90. The number of imide groups is 2. The Hall–Kier alpha value is -6.11. The number of pyridine rings is 1. The molecule has 5 fully saturated rings. The normalized spacial score (nSPS) is 24.5. The van der Waals surface area contributed by atoms with Gasteiger partial charge in [0.15, 0.2) is 18.2 Å². The Morgan fingerprint density at radius 1 is 0.894 bits per heavy atom. The highest BCUT2D eigenvalue weighted by Gasteiger charge is 2.48. The molecule has 2 aromatic heterocycles. The van der Waals surface area contributed by atoms with Crippen molar-refractivity contribution >= 4 is 75.2 Å². The van der Waals surface area contributed by atoms with Crippen LogP contribution in [0, 0.1) is 0 Å². The third-order valence-electron chi connectivity index (χ3n) is 14.1. The molecule has 5 amide bonds. The third-order valence-corrected chi connectivity index (χ3v) is 14.4. The van der Waals surface area contributed by atoms with E-state index in [1.54, 1.807) is 22.9 Å². The number of fused-ring (bicyclic) bond motifs is 4. The van der Waals surface area contributed by atoms with E-state index in [4.69, 9.17) is 26.1 Å². The lowest BCUT2D eigenvalue weighted by atomic mass is 9.86. The Morgan fingerprint density at radius 2 is 1.64 bits per heavy atom. The number of amides is 5. The summed E-state index contributed by atoms with van der Waals surface area (Å²) in [5.41, 5.74) is 2.67. The number of aromatic nitrogens is 3. The number of likely N-dealkylation sites (tertiary alicyclic amines) is 1. The van der Waals surface area contributed by atoms with Crippen molar-refractivity contribution in [2.24, 2.45) is 0 Å². The summed E-state index contributed by atoms with van der Waals surface area (Å²) in [5.74, 6) is -1.18. The molecule has 0 spiro atoms. The topological polar surface area (TPSA) is 201 Å². The van der Waals surface area contributed by atoms with Gasteiger partial charge in [0, 0.05) is 80.6 Å². The molecule has 1 aliphatic carbocycles. The van der Waals surface area contributed by atoms with Crippen molar-refractivity contribution in [2.45, 2.75) is 108 Å². The standard InChI is InChI=1S/C47H53ClN10O8/c1-25(2)56-37-9-4-27(16-26(37)17-39(46(56)64)65-24-41(60)49-3)51-42-36(48)21-50-47(53-42)54-14-12-32(13-15-54)66-33-18-31(19-33)55-22-29-5-6-30(23-55)57(29)28-7-8-34-35(20-28)45(63)58(44(34)62)38-10-11-40(59)52-43(38)61/h4,7-9,16-17,20-21,25,29-33,38H,5-6,10-15,18-19,22-24H2,1-3H3,(H,49,60)(H,50,51,53)(H,52,59,61)/t29?,30?,31-,33-,38?. The molecule has 3 atom stereocenters. The number of nitrogens with one attached hydrogen (secondary N) is 3. The van der Waals surface area contributed by atoms with Gasteiger partial charge in [-0.1, -0.05) is 11.6 Å². The zero-order chi connectivity index (χ0) is 46.0. The zero-order valence-electron chi connectivity index (χ0n) is 37.1. The first kappa shape index (κ1) is 43.8. The van der Waals surface area contributed by atoms with E-state index in [0.29, 0.717) is 51.7 Å². The van der Waals surface area contributed by atoms with Gasteiger partial charge in [0.05, 0.1) is 35.0 Å². The fourth-order valence-corrected chi connectivity index (χ4v) is 10.8. The molecule has 2 aromatic carbocycles. The Labute approximate surface area is 385 Å². The molecule has 5 aliphatic heterocycles. The number of benzene rings is 2. The maximum absolute atomic E-state index is 13.5. The summed E-state index contributed by atoms with van der Waals surface area (Å²) < 4.78 is 13.9. The molecule has 4 aromatic rings. The van der Waals surface area contributed by atoms with Gasteiger partial charge < -0.3 is 34.5 Å². The average Bonchev–Trinajstić information content (AvgIpc) is 3.70. The molecule has 7 heterocycles. The maximum atomic E-state index is 13.5. The van der Waals surface area contributed by atoms with Crippen LogP contribution in [0.3, 0.4) is 0 Å². The van der Waals surface area contributed by atoms with E-state index in [2.05, 4.69) is 35.6 Å². The number of ether oxygens (including phenoxy) is 2. The van der Waals surface area contributed by atoms with Crippen LogP contribution in [-0.4, -0.2) is 130 Å². The van der Waals surface area contributed by atoms with E-state index >= 15 is 0 Å². The Morgan fingerprint density at radius 3 is 2.35 bits per heavy atom. The number of anilines is 4. The fourth-order valence-electron chi connectivity index (χ4n) is 10.7. The van der Waals surface area contributed by atoms with E-state index in [1.807, 2.05) is 44.2 Å². The lowest BCUT2D eigenvalue weighted by Gasteiger charge is -2.50. The number of hydrogen-bond acceptors (Lipinski definition) is 14. The molecule has 1 saturated carbocycles. The van der Waals surface area contributed by atoms with Crippen LogP contribution in [0.25, 0.3) is 10.9 Å². The van der Waals surface area contributed by atoms with Crippen molar-refractivity contribution in [1.29, 1.82) is 0 Å². The number of hydrogen-bond donors (Lipinski definition) is 3. The number of likely N-dealkylation sites (N-methyl/N-ethyl adjacent to an activating group) is 1. The predicted octanol–water partition coefficient (Wildman–Crippen LogP) is 4.17. The Kier molecular flexibility index (Phi) is 11.7. The van der Waals surface area contributed by atoms with Crippen molar-refractivity contribution < 1.29 is 33.4 Å². The molecular formula is C47H53ClN10O8. The van der Waals surface area contributed by atoms with E-state index < -0.39 is 29.7 Å². The number of nitrogens with zero attached hydrogens (tertiary/aromatic N) is 7. The minimum absolute atomic E-state index is 0.0870. The highest BCUT2D eigenvalue weighted by atomic mass is 35.5. The first-order chi connectivity index (χ1) is 31.8. The first-order valence-corrected chi connectivity index (χ1v) is 23.3. The minimum Gasteiger partial charge on any atom is -0.478 e. The summed E-state index contributed by atoms with van der Waals surface area (Å²) >= 11 is 6.61. The second-order valence-corrected chi connectivity index (χ2v) is 18.9. The lowest BCUT2D eigenvalue weighted by molar-refractivity contribution is -0.136. The van der Waals surface area contributed by atoms with Gasteiger partial charge in [0.2, 0.25) is 17.8 Å². The summed E-state index contributed by atoms with van der Waals surface area (Å²) in [6, 6.07) is 12.7. The van der Waals surface area contributed by atoms with Crippen molar-refractivity contribution in [3.63, 3.8) is 0 Å². The molecule has 19 heteroatoms. The summed E-state index contributed by atoms with van der Waals surface area (Å²) in [4.78, 5) is 93.8. The minimum atomic E-state index is -0.982. The molecule has 4 saturated heterocycles. The van der Waals surface area contributed by atoms with Crippen LogP contribution in [0.4, 0.5) is 23.1 Å². The van der Waals surface area contributed by atoms with E-state index in [1.165, 1.54) is 7.05 Å². The Bertz CT molecular complexity index is 2680. The maximum Gasteiger partial charge on any atom is 0.293 e. The zero-order valence-corrected chi connectivity index (χ0v) is 37.9. The van der Waals surface area contributed by atoms with Gasteiger partial charge in [0.1, 0.15) is 11.1 Å². The van der Waals surface area contributed by atoms with Gasteiger partial charge in [-0.3, -0.25) is 43.9 Å². The molecule has 10 rings (SSSR count). The molecule has 346 valence electrons. The van der Waals surface area contributed by atoms with Gasteiger partial charge in [-0.2, -0.15) is 4.98 Å². The number of piperazine rings is 1. The summed E-state index contributed by atoms with van der Waals surface area (Å²) in [5, 5.41) is 9.21. The molecule has 18 nitrogen and oxygen atoms in total. The second kappa shape index (κ2) is 17.6. The lowest BCUT2D eigenvalue weighted by Crippen LogP contribution is -2.60. The predicted molar refractivity (Wildman–Crippen MR) is 246 cm³/mol. The monoisotopic (exact) mass is 920 g/mol. The number of carbonyl (C=O) groups is 5. The second-order valence-electron chi connectivity index (χ2n) is 18.5. The molecular weight excluding hydrogens is 868 g/mol. The molecule has 66 heavy (non-hydrogen) atoms. The highest BCUT2D eigenvalue weighted by Crippen LogP contribution is 2.41. The van der Waals surface area contributed by atoms with Crippen molar-refractivity contribution in [3.05, 3.63) is 75.2 Å². The quantitative estimate of drug-likeness (QED) is 0.171. The SMILES string of the molecule is CNC(=O)COc1cc2cc(Nc3nc(N4CCC(O[C@H]5C[C@H](N6CC7CCC(C6)N7c6ccc7c(c6)C(=O)N(C6CCC(=O)NC6=O)C7=O)C5)CC4)ncc3Cl)ccc2n(C(C)C)c1=O. The van der Waals surface area contributed by atoms with Crippen LogP contribution < -0.4 is 36.0 Å². The Balaban J connectivity index is 0.715. The first-order valence-electron chi connectivity index (χ1n) is 22.9. The largest absolute Gasteiger partial charge is 0.478 e. The molecule has 2 bridgehead atoms. The van der Waals surface area contributed by atoms with Gasteiger partial charge in [-0.05, 0) is 101 Å². The van der Waals surface area contributed by atoms with Crippen LogP contribution in [0.1, 0.15) is 92.0 Å². The van der Waals surface area contributed by atoms with Gasteiger partial charge in [0.25, 0.3) is 23.3 Å². The van der Waals surface area contributed by atoms with Crippen molar-refractivity contribution in [1.82, 2.24) is 35.0 Å². The molecule has 0 radical (unpaired) electrons. The van der Waals surface area contributed by atoms with Crippen LogP contribution >= 0.6 is 11.6 Å².